The summed E-state index contributed by atoms with van der Waals surface area (Å²) in [5, 5.41) is 0.158. The van der Waals surface area contributed by atoms with Crippen molar-refractivity contribution in [3.05, 3.63) is 34.6 Å². The molecule has 0 aliphatic carbocycles. The second kappa shape index (κ2) is 3.26. The lowest BCUT2D eigenvalue weighted by Crippen LogP contribution is -1.80. The van der Waals surface area contributed by atoms with Crippen molar-refractivity contribution in [1.82, 2.24) is 0 Å². The number of halogens is 2. The fraction of sp³-hybridized carbons (Fsp3) is 0.143. The largest absolute Gasteiger partial charge is 0.205 e. The lowest BCUT2D eigenvalue weighted by atomic mass is 10.2. The Kier molecular flexibility index (Phi) is 2.57. The molecule has 1 aromatic rings. The van der Waals surface area contributed by atoms with Crippen LogP contribution in [0.4, 0.5) is 4.39 Å². The Labute approximate surface area is 69.4 Å². The molecule has 1 rings (SSSR count). The Morgan fingerprint density at radius 1 is 1.50 bits per heavy atom. The first kappa shape index (κ1) is 7.89. The van der Waals surface area contributed by atoms with Gasteiger partial charge in [0.2, 0.25) is 0 Å². The second-order valence-electron chi connectivity index (χ2n) is 1.91. The molecule has 0 heterocycles. The summed E-state index contributed by atoms with van der Waals surface area (Å²) < 4.78 is 12.6. The summed E-state index contributed by atoms with van der Waals surface area (Å²) in [6, 6.07) is 4.66. The summed E-state index contributed by atoms with van der Waals surface area (Å²) in [5.74, 6) is 0.155. The van der Waals surface area contributed by atoms with E-state index >= 15 is 0 Å². The highest BCUT2D eigenvalue weighted by atomic mass is 35.5. The second-order valence-corrected chi connectivity index (χ2v) is 2.63. The van der Waals surface area contributed by atoms with Crippen LogP contribution in [0.5, 0.6) is 0 Å². The maximum absolute atomic E-state index is 12.6. The molecule has 0 fully saturated rings. The third-order valence-corrected chi connectivity index (χ3v) is 1.84. The van der Waals surface area contributed by atoms with E-state index in [0.29, 0.717) is 5.75 Å². The van der Waals surface area contributed by atoms with Gasteiger partial charge in [-0.25, -0.2) is 4.39 Å². The molecule has 0 nitrogen and oxygen atoms in total. The van der Waals surface area contributed by atoms with E-state index < -0.39 is 0 Å². The topological polar surface area (TPSA) is 0 Å². The van der Waals surface area contributed by atoms with Crippen LogP contribution >= 0.6 is 24.2 Å². The van der Waals surface area contributed by atoms with E-state index in [1.165, 1.54) is 12.1 Å². The van der Waals surface area contributed by atoms with E-state index in [0.717, 1.165) is 5.56 Å². The Morgan fingerprint density at radius 3 is 2.70 bits per heavy atom. The van der Waals surface area contributed by atoms with Gasteiger partial charge in [0.25, 0.3) is 0 Å². The molecule has 0 aliphatic rings. The predicted octanol–water partition coefficient (Wildman–Crippen LogP) is 2.91. The minimum atomic E-state index is -0.381. The van der Waals surface area contributed by atoms with Gasteiger partial charge in [-0.3, -0.25) is 0 Å². The molecule has 0 saturated heterocycles. The Balaban J connectivity index is 3.04. The molecule has 0 atom stereocenters. The van der Waals surface area contributed by atoms with Gasteiger partial charge in [-0.15, -0.1) is 0 Å². The van der Waals surface area contributed by atoms with E-state index in [1.54, 1.807) is 6.07 Å². The average molecular weight is 177 g/mol. The van der Waals surface area contributed by atoms with E-state index in [4.69, 9.17) is 11.6 Å². The Bertz CT molecular complexity index is 237. The molecule has 10 heavy (non-hydrogen) atoms. The van der Waals surface area contributed by atoms with Crippen molar-refractivity contribution in [3.63, 3.8) is 0 Å². The van der Waals surface area contributed by atoms with Gasteiger partial charge in [0.05, 0.1) is 5.02 Å². The summed E-state index contributed by atoms with van der Waals surface area (Å²) in [5.41, 5.74) is 0.838. The van der Waals surface area contributed by atoms with Gasteiger partial charge in [-0.1, -0.05) is 17.7 Å². The molecule has 0 radical (unpaired) electrons. The van der Waals surface area contributed by atoms with Crippen LogP contribution in [-0.2, 0) is 5.75 Å². The molecule has 0 spiro atoms. The van der Waals surface area contributed by atoms with Gasteiger partial charge in [0, 0.05) is 5.75 Å². The molecule has 54 valence electrons. The summed E-state index contributed by atoms with van der Waals surface area (Å²) >= 11 is 9.42. The third-order valence-electron chi connectivity index (χ3n) is 1.17. The van der Waals surface area contributed by atoms with Crippen molar-refractivity contribution < 1.29 is 4.39 Å². The zero-order valence-corrected chi connectivity index (χ0v) is 6.79. The molecule has 0 amide bonds. The van der Waals surface area contributed by atoms with Gasteiger partial charge in [-0.2, -0.15) is 12.6 Å². The first-order valence-electron chi connectivity index (χ1n) is 2.79. The smallest absolute Gasteiger partial charge is 0.142 e. The van der Waals surface area contributed by atoms with Gasteiger partial charge in [-0.05, 0) is 17.7 Å². The van der Waals surface area contributed by atoms with Gasteiger partial charge in [0.1, 0.15) is 5.82 Å². The zero-order chi connectivity index (χ0) is 7.56. The quantitative estimate of drug-likeness (QED) is 0.625. The van der Waals surface area contributed by atoms with Crippen LogP contribution < -0.4 is 0 Å². The van der Waals surface area contributed by atoms with Crippen LogP contribution in [0, 0.1) is 5.82 Å². The molecular formula is C7H6ClFS. The number of rotatable bonds is 1. The minimum absolute atomic E-state index is 0.158. The highest BCUT2D eigenvalue weighted by molar-refractivity contribution is 7.79. The number of benzene rings is 1. The molecular weight excluding hydrogens is 171 g/mol. The van der Waals surface area contributed by atoms with E-state index in [9.17, 15) is 4.39 Å². The average Bonchev–Trinajstić information content (AvgIpc) is 1.95. The van der Waals surface area contributed by atoms with Crippen LogP contribution in [-0.4, -0.2) is 0 Å². The third kappa shape index (κ3) is 1.64. The normalized spacial score (nSPS) is 9.90. The monoisotopic (exact) mass is 176 g/mol. The lowest BCUT2D eigenvalue weighted by molar-refractivity contribution is 0.627. The highest BCUT2D eigenvalue weighted by Gasteiger charge is 1.98. The van der Waals surface area contributed by atoms with E-state index in [2.05, 4.69) is 12.6 Å². The van der Waals surface area contributed by atoms with Gasteiger partial charge in [0.15, 0.2) is 0 Å². The number of hydrogen-bond acceptors (Lipinski definition) is 1. The SMILES string of the molecule is Fc1cc(CS)ccc1Cl. The van der Waals surface area contributed by atoms with E-state index in [-0.39, 0.29) is 10.8 Å². The number of hydrogen-bond donors (Lipinski definition) is 1. The highest BCUT2D eigenvalue weighted by Crippen LogP contribution is 2.16. The maximum Gasteiger partial charge on any atom is 0.142 e. The first-order valence-corrected chi connectivity index (χ1v) is 3.80. The van der Waals surface area contributed by atoms with Crippen molar-refractivity contribution in [1.29, 1.82) is 0 Å². The van der Waals surface area contributed by atoms with Crippen LogP contribution in [0.3, 0.4) is 0 Å². The molecule has 0 bridgehead atoms. The molecule has 1 aromatic carbocycles. The fourth-order valence-electron chi connectivity index (χ4n) is 0.638. The first-order chi connectivity index (χ1) is 4.74. The minimum Gasteiger partial charge on any atom is -0.205 e. The Hall–Kier alpha value is -0.210. The number of thiol groups is 1. The van der Waals surface area contributed by atoms with Crippen LogP contribution in [0.2, 0.25) is 5.02 Å². The molecule has 0 aliphatic heterocycles. The standard InChI is InChI=1S/C7H6ClFS/c8-6-2-1-5(4-10)3-7(6)9/h1-3,10H,4H2. The maximum atomic E-state index is 12.6. The molecule has 0 unspecified atom stereocenters. The Morgan fingerprint density at radius 2 is 2.20 bits per heavy atom. The molecule has 0 aromatic heterocycles. The van der Waals surface area contributed by atoms with Gasteiger partial charge >= 0.3 is 0 Å². The van der Waals surface area contributed by atoms with E-state index in [1.807, 2.05) is 0 Å². The van der Waals surface area contributed by atoms with Crippen molar-refractivity contribution in [3.8, 4) is 0 Å². The van der Waals surface area contributed by atoms with Crippen LogP contribution in [0.15, 0.2) is 18.2 Å². The van der Waals surface area contributed by atoms with Crippen molar-refractivity contribution in [2.24, 2.45) is 0 Å². The summed E-state index contributed by atoms with van der Waals surface area (Å²) in [4.78, 5) is 0. The van der Waals surface area contributed by atoms with Crippen molar-refractivity contribution in [2.45, 2.75) is 5.75 Å². The van der Waals surface area contributed by atoms with Crippen LogP contribution in [0.25, 0.3) is 0 Å². The zero-order valence-electron chi connectivity index (χ0n) is 5.14. The summed E-state index contributed by atoms with van der Waals surface area (Å²) in [6.45, 7) is 0. The van der Waals surface area contributed by atoms with Gasteiger partial charge < -0.3 is 0 Å². The van der Waals surface area contributed by atoms with Crippen LogP contribution in [0.1, 0.15) is 5.56 Å². The molecule has 0 saturated carbocycles. The summed E-state index contributed by atoms with van der Waals surface area (Å²) in [6.07, 6.45) is 0. The lowest BCUT2D eigenvalue weighted by Gasteiger charge is -1.96. The summed E-state index contributed by atoms with van der Waals surface area (Å²) in [7, 11) is 0. The van der Waals surface area contributed by atoms with Crippen molar-refractivity contribution in [2.75, 3.05) is 0 Å². The molecule has 0 N–H and O–H groups in total. The molecule has 3 heteroatoms. The fourth-order valence-corrected chi connectivity index (χ4v) is 0.952. The van der Waals surface area contributed by atoms with Crippen molar-refractivity contribution >= 4 is 24.2 Å². The predicted molar refractivity (Wildman–Crippen MR) is 44.1 cm³/mol.